The minimum atomic E-state index is 0.978. The molecule has 0 aliphatic heterocycles. The molecule has 0 saturated heterocycles. The Balaban J connectivity index is 3.04. The van der Waals surface area contributed by atoms with Gasteiger partial charge in [-0.25, -0.2) is 0 Å². The number of aliphatic imine (C=N–C) groups is 1. The van der Waals surface area contributed by atoms with Gasteiger partial charge in [0.2, 0.25) is 0 Å². The van der Waals surface area contributed by atoms with E-state index >= 15 is 0 Å². The number of aryl methyl sites for hydroxylation is 1. The van der Waals surface area contributed by atoms with Gasteiger partial charge in [0.25, 0.3) is 0 Å². The summed E-state index contributed by atoms with van der Waals surface area (Å²) in [7, 11) is 0. The van der Waals surface area contributed by atoms with Crippen LogP contribution in [0.15, 0.2) is 53.7 Å². The van der Waals surface area contributed by atoms with E-state index in [2.05, 4.69) is 30.6 Å². The fourth-order valence-corrected chi connectivity index (χ4v) is 1.51. The van der Waals surface area contributed by atoms with Gasteiger partial charge in [-0.1, -0.05) is 36.9 Å². The van der Waals surface area contributed by atoms with E-state index < -0.39 is 0 Å². The molecule has 1 nitrogen and oxygen atoms in total. The van der Waals surface area contributed by atoms with Crippen LogP contribution in [-0.2, 0) is 0 Å². The van der Waals surface area contributed by atoms with Gasteiger partial charge < -0.3 is 0 Å². The van der Waals surface area contributed by atoms with E-state index in [1.807, 2.05) is 32.1 Å². The van der Waals surface area contributed by atoms with E-state index in [0.717, 1.165) is 11.4 Å². The zero-order valence-electron chi connectivity index (χ0n) is 9.62. The highest BCUT2D eigenvalue weighted by Gasteiger charge is 1.99. The molecule has 1 rings (SSSR count). The van der Waals surface area contributed by atoms with Crippen LogP contribution in [0.1, 0.15) is 25.0 Å². The van der Waals surface area contributed by atoms with Gasteiger partial charge in [-0.3, -0.25) is 4.99 Å². The van der Waals surface area contributed by atoms with Crippen LogP contribution < -0.4 is 0 Å². The summed E-state index contributed by atoms with van der Waals surface area (Å²) in [4.78, 5) is 4.50. The minimum Gasteiger partial charge on any atom is -0.258 e. The lowest BCUT2D eigenvalue weighted by Crippen LogP contribution is -1.97. The SMILES string of the molecule is C=C/C=C(C)/N=C(\C)c1ccccc1C. The van der Waals surface area contributed by atoms with Crippen molar-refractivity contribution in [2.45, 2.75) is 20.8 Å². The standard InChI is InChI=1S/C14H17N/c1-5-8-12(3)15-13(4)14-10-7-6-9-11(14)2/h5-10H,1H2,2-4H3/b12-8+,15-13+. The van der Waals surface area contributed by atoms with Crippen LogP contribution >= 0.6 is 0 Å². The summed E-state index contributed by atoms with van der Waals surface area (Å²) in [6, 6.07) is 8.27. The van der Waals surface area contributed by atoms with Crippen molar-refractivity contribution in [3.8, 4) is 0 Å². The quantitative estimate of drug-likeness (QED) is 0.517. The van der Waals surface area contributed by atoms with Crippen LogP contribution in [-0.4, -0.2) is 5.71 Å². The molecule has 0 saturated carbocycles. The summed E-state index contributed by atoms with van der Waals surface area (Å²) in [6.45, 7) is 9.76. The lowest BCUT2D eigenvalue weighted by molar-refractivity contribution is 1.28. The third kappa shape index (κ3) is 3.21. The molecule has 0 unspecified atom stereocenters. The Morgan fingerprint density at radius 2 is 1.93 bits per heavy atom. The third-order valence-corrected chi connectivity index (χ3v) is 2.24. The number of nitrogens with zero attached hydrogens (tertiary/aromatic N) is 1. The lowest BCUT2D eigenvalue weighted by atomic mass is 10.1. The molecule has 0 aliphatic carbocycles. The molecule has 0 N–H and O–H groups in total. The topological polar surface area (TPSA) is 12.4 Å². The number of allylic oxidation sites excluding steroid dienone is 3. The molecule has 1 aromatic carbocycles. The highest BCUT2D eigenvalue weighted by molar-refractivity contribution is 6.00. The monoisotopic (exact) mass is 199 g/mol. The van der Waals surface area contributed by atoms with Crippen LogP contribution in [0.2, 0.25) is 0 Å². The van der Waals surface area contributed by atoms with E-state index in [4.69, 9.17) is 0 Å². The van der Waals surface area contributed by atoms with Crippen LogP contribution in [0.25, 0.3) is 0 Å². The number of rotatable bonds is 3. The van der Waals surface area contributed by atoms with Crippen LogP contribution in [0, 0.1) is 6.92 Å². The van der Waals surface area contributed by atoms with Gasteiger partial charge in [0.1, 0.15) is 0 Å². The first-order valence-corrected chi connectivity index (χ1v) is 5.05. The molecule has 0 atom stereocenters. The Morgan fingerprint density at radius 3 is 2.53 bits per heavy atom. The molecule has 78 valence electrons. The highest BCUT2D eigenvalue weighted by Crippen LogP contribution is 2.10. The predicted octanol–water partition coefficient (Wildman–Crippen LogP) is 3.89. The summed E-state index contributed by atoms with van der Waals surface area (Å²) in [5, 5.41) is 0. The predicted molar refractivity (Wildman–Crippen MR) is 67.3 cm³/mol. The van der Waals surface area contributed by atoms with Gasteiger partial charge in [0.05, 0.1) is 0 Å². The molecular weight excluding hydrogens is 182 g/mol. The van der Waals surface area contributed by atoms with Crippen LogP contribution in [0.4, 0.5) is 0 Å². The summed E-state index contributed by atoms with van der Waals surface area (Å²) in [5.74, 6) is 0. The molecule has 1 heteroatoms. The average molecular weight is 199 g/mol. The molecule has 0 bridgehead atoms. The van der Waals surface area contributed by atoms with Crippen LogP contribution in [0.5, 0.6) is 0 Å². The van der Waals surface area contributed by atoms with Gasteiger partial charge in [-0.2, -0.15) is 0 Å². The second-order valence-electron chi connectivity index (χ2n) is 3.56. The van der Waals surface area contributed by atoms with Crippen molar-refractivity contribution in [2.24, 2.45) is 4.99 Å². The van der Waals surface area contributed by atoms with Gasteiger partial charge in [0.15, 0.2) is 0 Å². The summed E-state index contributed by atoms with van der Waals surface area (Å²) in [5.41, 5.74) is 4.48. The average Bonchev–Trinajstić information content (AvgIpc) is 2.18. The molecule has 15 heavy (non-hydrogen) atoms. The lowest BCUT2D eigenvalue weighted by Gasteiger charge is -2.04. The fraction of sp³-hybridized carbons (Fsp3) is 0.214. The number of hydrogen-bond acceptors (Lipinski definition) is 1. The first-order chi connectivity index (χ1) is 7.15. The molecule has 1 aromatic rings. The second kappa shape index (κ2) is 5.30. The smallest absolute Gasteiger partial charge is 0.0450 e. The van der Waals surface area contributed by atoms with Crippen molar-refractivity contribution in [1.29, 1.82) is 0 Å². The van der Waals surface area contributed by atoms with Gasteiger partial charge in [-0.15, -0.1) is 0 Å². The Hall–Kier alpha value is -1.63. The Bertz CT molecular complexity index is 411. The van der Waals surface area contributed by atoms with Gasteiger partial charge in [-0.05, 0) is 38.0 Å². The van der Waals surface area contributed by atoms with Gasteiger partial charge >= 0.3 is 0 Å². The van der Waals surface area contributed by atoms with Crippen molar-refractivity contribution in [3.63, 3.8) is 0 Å². The van der Waals surface area contributed by atoms with Gasteiger partial charge in [0, 0.05) is 11.4 Å². The molecule has 0 fully saturated rings. The zero-order valence-corrected chi connectivity index (χ0v) is 9.62. The summed E-state index contributed by atoms with van der Waals surface area (Å²) >= 11 is 0. The molecule has 0 aromatic heterocycles. The molecular formula is C14H17N. The molecule has 0 heterocycles. The molecule has 0 aliphatic rings. The second-order valence-corrected chi connectivity index (χ2v) is 3.56. The summed E-state index contributed by atoms with van der Waals surface area (Å²) < 4.78 is 0. The zero-order chi connectivity index (χ0) is 11.3. The fourth-order valence-electron chi connectivity index (χ4n) is 1.51. The highest BCUT2D eigenvalue weighted by atomic mass is 14.7. The Labute approximate surface area is 91.9 Å². The van der Waals surface area contributed by atoms with Crippen molar-refractivity contribution in [3.05, 3.63) is 59.8 Å². The maximum Gasteiger partial charge on any atom is 0.0450 e. The number of hydrogen-bond donors (Lipinski definition) is 0. The van der Waals surface area contributed by atoms with Crippen molar-refractivity contribution in [1.82, 2.24) is 0 Å². The minimum absolute atomic E-state index is 0.978. The van der Waals surface area contributed by atoms with E-state index in [-0.39, 0.29) is 0 Å². The Kier molecular flexibility index (Phi) is 4.04. The normalized spacial score (nSPS) is 12.7. The van der Waals surface area contributed by atoms with Crippen molar-refractivity contribution in [2.75, 3.05) is 0 Å². The van der Waals surface area contributed by atoms with Crippen molar-refractivity contribution >= 4 is 5.71 Å². The van der Waals surface area contributed by atoms with Crippen molar-refractivity contribution < 1.29 is 0 Å². The van der Waals surface area contributed by atoms with Crippen LogP contribution in [0.3, 0.4) is 0 Å². The van der Waals surface area contributed by atoms with E-state index in [1.54, 1.807) is 6.08 Å². The molecule has 0 radical (unpaired) electrons. The van der Waals surface area contributed by atoms with E-state index in [0.29, 0.717) is 0 Å². The Morgan fingerprint density at radius 1 is 1.27 bits per heavy atom. The first kappa shape index (κ1) is 11.4. The number of benzene rings is 1. The van der Waals surface area contributed by atoms with E-state index in [9.17, 15) is 0 Å². The summed E-state index contributed by atoms with van der Waals surface area (Å²) in [6.07, 6.45) is 3.66. The maximum absolute atomic E-state index is 4.50. The first-order valence-electron chi connectivity index (χ1n) is 5.05. The molecule has 0 spiro atoms. The molecule has 0 amide bonds. The largest absolute Gasteiger partial charge is 0.258 e. The third-order valence-electron chi connectivity index (χ3n) is 2.24. The van der Waals surface area contributed by atoms with E-state index in [1.165, 1.54) is 11.1 Å². The maximum atomic E-state index is 4.50.